The van der Waals surface area contributed by atoms with E-state index >= 15 is 0 Å². The number of thiophene rings is 1. The molecule has 0 bridgehead atoms. The first kappa shape index (κ1) is 13.6. The fraction of sp³-hybridized carbons (Fsp3) is 0.643. The predicted molar refractivity (Wildman–Crippen MR) is 75.8 cm³/mol. The maximum Gasteiger partial charge on any atom is 0.239 e. The highest BCUT2D eigenvalue weighted by Gasteiger charge is 2.21. The first-order valence-corrected chi connectivity index (χ1v) is 7.61. The van der Waals surface area contributed by atoms with E-state index in [-0.39, 0.29) is 11.9 Å². The van der Waals surface area contributed by atoms with Gasteiger partial charge in [0.2, 0.25) is 5.91 Å². The average Bonchev–Trinajstić information content (AvgIpc) is 2.81. The van der Waals surface area contributed by atoms with Gasteiger partial charge in [-0.1, -0.05) is 0 Å². The van der Waals surface area contributed by atoms with E-state index < -0.39 is 0 Å². The quantitative estimate of drug-likeness (QED) is 0.908. The summed E-state index contributed by atoms with van der Waals surface area (Å²) in [4.78, 5) is 15.5. The monoisotopic (exact) mass is 266 g/mol. The Labute approximate surface area is 113 Å². The lowest BCUT2D eigenvalue weighted by molar-refractivity contribution is -0.133. The zero-order chi connectivity index (χ0) is 13.0. The fourth-order valence-electron chi connectivity index (χ4n) is 2.31. The molecule has 0 saturated carbocycles. The van der Waals surface area contributed by atoms with Crippen molar-refractivity contribution in [2.75, 3.05) is 13.1 Å². The minimum absolute atomic E-state index is 0.0791. The van der Waals surface area contributed by atoms with E-state index in [4.69, 9.17) is 0 Å². The number of likely N-dealkylation sites (tertiary alicyclic amines) is 1. The van der Waals surface area contributed by atoms with Gasteiger partial charge in [-0.05, 0) is 50.1 Å². The van der Waals surface area contributed by atoms with Crippen molar-refractivity contribution in [3.63, 3.8) is 0 Å². The van der Waals surface area contributed by atoms with Crippen LogP contribution < -0.4 is 5.32 Å². The summed E-state index contributed by atoms with van der Waals surface area (Å²) in [6, 6.07) is 2.04. The normalized spacial score (nSPS) is 17.8. The summed E-state index contributed by atoms with van der Waals surface area (Å²) in [6.07, 6.45) is 3.57. The van der Waals surface area contributed by atoms with E-state index in [2.05, 4.69) is 23.7 Å². The largest absolute Gasteiger partial charge is 0.341 e. The number of rotatable bonds is 4. The van der Waals surface area contributed by atoms with Gasteiger partial charge in [-0.25, -0.2) is 0 Å². The van der Waals surface area contributed by atoms with Crippen LogP contribution in [0.25, 0.3) is 0 Å². The second-order valence-electron chi connectivity index (χ2n) is 5.02. The SMILES string of the molecule is Cc1ccsc1CNC(C)C(=O)N1CCCCC1. The minimum Gasteiger partial charge on any atom is -0.341 e. The van der Waals surface area contributed by atoms with Crippen LogP contribution in [0.5, 0.6) is 0 Å². The van der Waals surface area contributed by atoms with Crippen molar-refractivity contribution in [3.8, 4) is 0 Å². The van der Waals surface area contributed by atoms with Gasteiger partial charge in [0.1, 0.15) is 0 Å². The van der Waals surface area contributed by atoms with Gasteiger partial charge in [0.05, 0.1) is 6.04 Å². The lowest BCUT2D eigenvalue weighted by atomic mass is 10.1. The van der Waals surface area contributed by atoms with Crippen molar-refractivity contribution in [3.05, 3.63) is 21.9 Å². The third kappa shape index (κ3) is 3.33. The highest BCUT2D eigenvalue weighted by Crippen LogP contribution is 2.15. The molecule has 3 nitrogen and oxygen atoms in total. The molecule has 0 spiro atoms. The number of carbonyl (C=O) groups excluding carboxylic acids is 1. The summed E-state index contributed by atoms with van der Waals surface area (Å²) >= 11 is 1.75. The molecule has 0 aliphatic carbocycles. The first-order chi connectivity index (χ1) is 8.68. The summed E-state index contributed by atoms with van der Waals surface area (Å²) in [5, 5.41) is 5.44. The average molecular weight is 266 g/mol. The molecule has 1 unspecified atom stereocenters. The molecule has 2 rings (SSSR count). The van der Waals surface area contributed by atoms with Crippen LogP contribution in [-0.4, -0.2) is 29.9 Å². The van der Waals surface area contributed by atoms with Crippen molar-refractivity contribution in [2.45, 2.75) is 45.7 Å². The Kier molecular flexibility index (Phi) is 4.78. The molecule has 1 N–H and O–H groups in total. The van der Waals surface area contributed by atoms with Crippen molar-refractivity contribution < 1.29 is 4.79 Å². The van der Waals surface area contributed by atoms with E-state index in [1.165, 1.54) is 16.9 Å². The van der Waals surface area contributed by atoms with Crippen molar-refractivity contribution in [1.29, 1.82) is 0 Å². The Bertz CT molecular complexity index is 396. The van der Waals surface area contributed by atoms with Crippen LogP contribution in [0, 0.1) is 6.92 Å². The molecule has 0 radical (unpaired) electrons. The van der Waals surface area contributed by atoms with E-state index in [0.717, 1.165) is 32.5 Å². The molecule has 1 atom stereocenters. The van der Waals surface area contributed by atoms with Gasteiger partial charge in [-0.3, -0.25) is 4.79 Å². The minimum atomic E-state index is -0.0791. The topological polar surface area (TPSA) is 32.3 Å². The molecular weight excluding hydrogens is 244 g/mol. The molecule has 2 heterocycles. The summed E-state index contributed by atoms with van der Waals surface area (Å²) in [5.41, 5.74) is 1.31. The summed E-state index contributed by atoms with van der Waals surface area (Å²) in [6.45, 7) is 6.75. The summed E-state index contributed by atoms with van der Waals surface area (Å²) in [7, 11) is 0. The Morgan fingerprint density at radius 2 is 2.17 bits per heavy atom. The van der Waals surface area contributed by atoms with E-state index in [0.29, 0.717) is 0 Å². The lowest BCUT2D eigenvalue weighted by Crippen LogP contribution is -2.46. The third-order valence-electron chi connectivity index (χ3n) is 3.58. The predicted octanol–water partition coefficient (Wildman–Crippen LogP) is 2.55. The van der Waals surface area contributed by atoms with Gasteiger partial charge in [-0.15, -0.1) is 11.3 Å². The Morgan fingerprint density at radius 3 is 2.78 bits per heavy atom. The number of amides is 1. The zero-order valence-electron chi connectivity index (χ0n) is 11.2. The fourth-order valence-corrected chi connectivity index (χ4v) is 3.16. The van der Waals surface area contributed by atoms with Crippen LogP contribution in [-0.2, 0) is 11.3 Å². The molecule has 1 aliphatic rings. The number of nitrogens with one attached hydrogen (secondary N) is 1. The number of carbonyl (C=O) groups is 1. The third-order valence-corrected chi connectivity index (χ3v) is 4.60. The van der Waals surface area contributed by atoms with E-state index in [1.807, 2.05) is 11.8 Å². The van der Waals surface area contributed by atoms with Gasteiger partial charge < -0.3 is 10.2 Å². The second kappa shape index (κ2) is 6.34. The van der Waals surface area contributed by atoms with Crippen molar-refractivity contribution in [1.82, 2.24) is 10.2 Å². The molecule has 1 saturated heterocycles. The van der Waals surface area contributed by atoms with Crippen LogP contribution in [0.3, 0.4) is 0 Å². The molecule has 1 amide bonds. The van der Waals surface area contributed by atoms with E-state index in [9.17, 15) is 4.79 Å². The van der Waals surface area contributed by atoms with Crippen LogP contribution in [0.1, 0.15) is 36.6 Å². The second-order valence-corrected chi connectivity index (χ2v) is 6.02. The standard InChI is InChI=1S/C14H22N2OS/c1-11-6-9-18-13(11)10-15-12(2)14(17)16-7-4-3-5-8-16/h6,9,12,15H,3-5,7-8,10H2,1-2H3. The molecule has 1 aromatic rings. The summed E-state index contributed by atoms with van der Waals surface area (Å²) in [5.74, 6) is 0.254. The molecule has 1 aliphatic heterocycles. The Balaban J connectivity index is 1.82. The number of hydrogen-bond donors (Lipinski definition) is 1. The smallest absolute Gasteiger partial charge is 0.239 e. The zero-order valence-corrected chi connectivity index (χ0v) is 12.1. The van der Waals surface area contributed by atoms with E-state index in [1.54, 1.807) is 11.3 Å². The Hall–Kier alpha value is -0.870. The molecule has 0 aromatic carbocycles. The van der Waals surface area contributed by atoms with Crippen LogP contribution in [0.2, 0.25) is 0 Å². The number of hydrogen-bond acceptors (Lipinski definition) is 3. The molecular formula is C14H22N2OS. The van der Waals surface area contributed by atoms with Gasteiger partial charge in [0, 0.05) is 24.5 Å². The van der Waals surface area contributed by atoms with Crippen molar-refractivity contribution >= 4 is 17.2 Å². The van der Waals surface area contributed by atoms with Gasteiger partial charge in [0.15, 0.2) is 0 Å². The molecule has 1 aromatic heterocycles. The summed E-state index contributed by atoms with van der Waals surface area (Å²) < 4.78 is 0. The van der Waals surface area contributed by atoms with Gasteiger partial charge in [-0.2, -0.15) is 0 Å². The molecule has 1 fully saturated rings. The molecule has 100 valence electrons. The van der Waals surface area contributed by atoms with Crippen LogP contribution >= 0.6 is 11.3 Å². The number of piperidine rings is 1. The highest BCUT2D eigenvalue weighted by molar-refractivity contribution is 7.10. The first-order valence-electron chi connectivity index (χ1n) is 6.73. The molecule has 4 heteroatoms. The Morgan fingerprint density at radius 1 is 1.44 bits per heavy atom. The van der Waals surface area contributed by atoms with Gasteiger partial charge >= 0.3 is 0 Å². The van der Waals surface area contributed by atoms with Gasteiger partial charge in [0.25, 0.3) is 0 Å². The van der Waals surface area contributed by atoms with Crippen LogP contribution in [0.15, 0.2) is 11.4 Å². The molecule has 18 heavy (non-hydrogen) atoms. The van der Waals surface area contributed by atoms with Crippen molar-refractivity contribution in [2.24, 2.45) is 0 Å². The van der Waals surface area contributed by atoms with Crippen LogP contribution in [0.4, 0.5) is 0 Å². The lowest BCUT2D eigenvalue weighted by Gasteiger charge is -2.29. The maximum atomic E-state index is 12.2. The number of aryl methyl sites for hydroxylation is 1. The highest BCUT2D eigenvalue weighted by atomic mass is 32.1. The number of nitrogens with zero attached hydrogens (tertiary/aromatic N) is 1. The maximum absolute atomic E-state index is 12.2.